The molecule has 114 valence electrons. The maximum atomic E-state index is 5.91. The highest BCUT2D eigenvalue weighted by Crippen LogP contribution is 2.25. The van der Waals surface area contributed by atoms with E-state index in [1.165, 1.54) is 6.42 Å². The second-order valence-corrected chi connectivity index (χ2v) is 5.45. The van der Waals surface area contributed by atoms with Gasteiger partial charge < -0.3 is 16.0 Å². The Bertz CT molecular complexity index is 595. The minimum atomic E-state index is 0.775. The van der Waals surface area contributed by atoms with Gasteiger partial charge in [0.15, 0.2) is 0 Å². The van der Waals surface area contributed by atoms with Crippen molar-refractivity contribution >= 4 is 22.3 Å². The summed E-state index contributed by atoms with van der Waals surface area (Å²) in [6.45, 7) is 10.7. The zero-order valence-electron chi connectivity index (χ0n) is 13.3. The Morgan fingerprint density at radius 1 is 1.19 bits per heavy atom. The minimum Gasteiger partial charge on any atom is -0.399 e. The third kappa shape index (κ3) is 4.08. The van der Waals surface area contributed by atoms with Gasteiger partial charge in [-0.2, -0.15) is 0 Å². The summed E-state index contributed by atoms with van der Waals surface area (Å²) in [6, 6.07) is 7.97. The molecule has 0 fully saturated rings. The molecule has 0 saturated carbocycles. The first-order valence-electron chi connectivity index (χ1n) is 7.77. The number of pyridine rings is 1. The molecule has 1 aromatic carbocycles. The summed E-state index contributed by atoms with van der Waals surface area (Å²) in [5, 5.41) is 4.64. The van der Waals surface area contributed by atoms with Gasteiger partial charge in [0.05, 0.1) is 5.52 Å². The molecule has 1 heterocycles. The SMILES string of the molecule is CCCN(CC)CCNc1cc(C)nc2ccc(N)cc12. The van der Waals surface area contributed by atoms with Crippen molar-refractivity contribution in [2.75, 3.05) is 37.2 Å². The number of fused-ring (bicyclic) bond motifs is 1. The molecule has 0 spiro atoms. The summed E-state index contributed by atoms with van der Waals surface area (Å²) in [7, 11) is 0. The second kappa shape index (κ2) is 7.27. The van der Waals surface area contributed by atoms with E-state index in [4.69, 9.17) is 5.73 Å². The van der Waals surface area contributed by atoms with Crippen LogP contribution in [0.4, 0.5) is 11.4 Å². The number of rotatable bonds is 7. The average molecular weight is 286 g/mol. The highest BCUT2D eigenvalue weighted by molar-refractivity contribution is 5.93. The van der Waals surface area contributed by atoms with E-state index in [2.05, 4.69) is 35.1 Å². The predicted molar refractivity (Wildman–Crippen MR) is 91.8 cm³/mol. The van der Waals surface area contributed by atoms with Crippen LogP contribution in [0.1, 0.15) is 26.0 Å². The monoisotopic (exact) mass is 286 g/mol. The van der Waals surface area contributed by atoms with Gasteiger partial charge in [0.2, 0.25) is 0 Å². The van der Waals surface area contributed by atoms with Crippen LogP contribution in [0.3, 0.4) is 0 Å². The van der Waals surface area contributed by atoms with E-state index >= 15 is 0 Å². The van der Waals surface area contributed by atoms with Gasteiger partial charge in [-0.3, -0.25) is 4.98 Å². The molecule has 1 aromatic heterocycles. The predicted octanol–water partition coefficient (Wildman–Crippen LogP) is 3.27. The Kier molecular flexibility index (Phi) is 5.39. The molecule has 2 aromatic rings. The quantitative estimate of drug-likeness (QED) is 0.767. The maximum absolute atomic E-state index is 5.91. The lowest BCUT2D eigenvalue weighted by atomic mass is 10.1. The van der Waals surface area contributed by atoms with Crippen molar-refractivity contribution in [2.24, 2.45) is 0 Å². The van der Waals surface area contributed by atoms with Gasteiger partial charge in [0, 0.05) is 35.5 Å². The summed E-state index contributed by atoms with van der Waals surface area (Å²) in [6.07, 6.45) is 1.20. The van der Waals surface area contributed by atoms with Crippen LogP contribution in [-0.4, -0.2) is 36.1 Å². The molecule has 2 rings (SSSR count). The fraction of sp³-hybridized carbons (Fsp3) is 0.471. The standard InChI is InChI=1S/C17H26N4/c1-4-9-21(5-2)10-8-19-17-11-13(3)20-16-7-6-14(18)12-15(16)17/h6-7,11-12H,4-5,8-10,18H2,1-3H3,(H,19,20). The van der Waals surface area contributed by atoms with E-state index in [0.29, 0.717) is 0 Å². The van der Waals surface area contributed by atoms with Crippen molar-refractivity contribution in [1.82, 2.24) is 9.88 Å². The minimum absolute atomic E-state index is 0.775. The zero-order valence-corrected chi connectivity index (χ0v) is 13.3. The Balaban J connectivity index is 2.12. The van der Waals surface area contributed by atoms with Crippen molar-refractivity contribution in [3.8, 4) is 0 Å². The molecule has 0 saturated heterocycles. The highest BCUT2D eigenvalue weighted by atomic mass is 15.1. The Morgan fingerprint density at radius 3 is 2.71 bits per heavy atom. The Hall–Kier alpha value is -1.81. The molecule has 0 unspecified atom stereocenters. The molecule has 0 aliphatic carbocycles. The lowest BCUT2D eigenvalue weighted by Crippen LogP contribution is -2.29. The number of hydrogen-bond donors (Lipinski definition) is 2. The van der Waals surface area contributed by atoms with Gasteiger partial charge in [0.1, 0.15) is 0 Å². The zero-order chi connectivity index (χ0) is 15.2. The van der Waals surface area contributed by atoms with Gasteiger partial charge >= 0.3 is 0 Å². The molecule has 21 heavy (non-hydrogen) atoms. The van der Waals surface area contributed by atoms with Crippen LogP contribution in [0.5, 0.6) is 0 Å². The summed E-state index contributed by atoms with van der Waals surface area (Å²) >= 11 is 0. The van der Waals surface area contributed by atoms with E-state index in [1.54, 1.807) is 0 Å². The molecule has 0 amide bonds. The number of aryl methyl sites for hydroxylation is 1. The second-order valence-electron chi connectivity index (χ2n) is 5.45. The highest BCUT2D eigenvalue weighted by Gasteiger charge is 2.05. The van der Waals surface area contributed by atoms with Crippen molar-refractivity contribution < 1.29 is 0 Å². The molecule has 0 bridgehead atoms. The van der Waals surface area contributed by atoms with Crippen LogP contribution in [0, 0.1) is 6.92 Å². The van der Waals surface area contributed by atoms with Gasteiger partial charge in [-0.1, -0.05) is 13.8 Å². The number of hydrogen-bond acceptors (Lipinski definition) is 4. The van der Waals surface area contributed by atoms with Gasteiger partial charge in [-0.05, 0) is 50.7 Å². The number of aromatic nitrogens is 1. The van der Waals surface area contributed by atoms with Crippen LogP contribution in [-0.2, 0) is 0 Å². The smallest absolute Gasteiger partial charge is 0.0727 e. The molecular formula is C17H26N4. The summed E-state index contributed by atoms with van der Waals surface area (Å²) < 4.78 is 0. The third-order valence-corrected chi connectivity index (χ3v) is 3.69. The fourth-order valence-electron chi connectivity index (χ4n) is 2.61. The van der Waals surface area contributed by atoms with E-state index in [9.17, 15) is 0 Å². The van der Waals surface area contributed by atoms with Crippen LogP contribution in [0.2, 0.25) is 0 Å². The molecular weight excluding hydrogens is 260 g/mol. The van der Waals surface area contributed by atoms with Crippen LogP contribution in [0.25, 0.3) is 10.9 Å². The first-order chi connectivity index (χ1) is 10.1. The molecule has 3 N–H and O–H groups in total. The normalized spacial score (nSPS) is 11.2. The molecule has 0 atom stereocenters. The number of anilines is 2. The molecule has 0 radical (unpaired) electrons. The largest absolute Gasteiger partial charge is 0.399 e. The number of nitrogens with zero attached hydrogens (tertiary/aromatic N) is 2. The van der Waals surface area contributed by atoms with E-state index in [0.717, 1.165) is 54.2 Å². The van der Waals surface area contributed by atoms with Crippen molar-refractivity contribution in [1.29, 1.82) is 0 Å². The van der Waals surface area contributed by atoms with Crippen LogP contribution in [0.15, 0.2) is 24.3 Å². The number of likely N-dealkylation sites (N-methyl/N-ethyl adjacent to an activating group) is 1. The summed E-state index contributed by atoms with van der Waals surface area (Å²) in [4.78, 5) is 7.02. The summed E-state index contributed by atoms with van der Waals surface area (Å²) in [5.41, 5.74) is 9.82. The van der Waals surface area contributed by atoms with Gasteiger partial charge in [-0.25, -0.2) is 0 Å². The number of nitrogens with one attached hydrogen (secondary N) is 1. The van der Waals surface area contributed by atoms with E-state index in [1.807, 2.05) is 25.1 Å². The molecule has 0 aliphatic rings. The fourth-order valence-corrected chi connectivity index (χ4v) is 2.61. The van der Waals surface area contributed by atoms with Gasteiger partial charge in [-0.15, -0.1) is 0 Å². The topological polar surface area (TPSA) is 54.2 Å². The van der Waals surface area contributed by atoms with Crippen LogP contribution >= 0.6 is 0 Å². The number of benzene rings is 1. The Labute approximate surface area is 127 Å². The van der Waals surface area contributed by atoms with E-state index in [-0.39, 0.29) is 0 Å². The third-order valence-electron chi connectivity index (χ3n) is 3.69. The Morgan fingerprint density at radius 2 is 2.00 bits per heavy atom. The average Bonchev–Trinajstić information content (AvgIpc) is 2.46. The van der Waals surface area contributed by atoms with Crippen molar-refractivity contribution in [2.45, 2.75) is 27.2 Å². The van der Waals surface area contributed by atoms with Crippen molar-refractivity contribution in [3.05, 3.63) is 30.0 Å². The lowest BCUT2D eigenvalue weighted by Gasteiger charge is -2.20. The van der Waals surface area contributed by atoms with Crippen molar-refractivity contribution in [3.63, 3.8) is 0 Å². The number of nitrogens with two attached hydrogens (primary N) is 1. The first kappa shape index (κ1) is 15.6. The molecule has 4 nitrogen and oxygen atoms in total. The molecule has 4 heteroatoms. The first-order valence-corrected chi connectivity index (χ1v) is 7.77. The summed E-state index contributed by atoms with van der Waals surface area (Å²) in [5.74, 6) is 0. The molecule has 0 aliphatic heterocycles. The number of nitrogen functional groups attached to an aromatic ring is 1. The lowest BCUT2D eigenvalue weighted by molar-refractivity contribution is 0.300. The maximum Gasteiger partial charge on any atom is 0.0727 e. The van der Waals surface area contributed by atoms with E-state index < -0.39 is 0 Å². The van der Waals surface area contributed by atoms with Gasteiger partial charge in [0.25, 0.3) is 0 Å². The van der Waals surface area contributed by atoms with Crippen LogP contribution < -0.4 is 11.1 Å².